The van der Waals surface area contributed by atoms with E-state index in [9.17, 15) is 14.4 Å². The number of carbonyl (C=O) groups excluding carboxylic acids is 3. The Bertz CT molecular complexity index is 737. The molecule has 10 heteroatoms. The van der Waals surface area contributed by atoms with Crippen molar-refractivity contribution in [3.05, 3.63) is 0 Å². The minimum atomic E-state index is -2.57. The first-order valence-corrected chi connectivity index (χ1v) is 34.1. The van der Waals surface area contributed by atoms with Crippen LogP contribution in [0.25, 0.3) is 0 Å². The number of carbonyl (C=O) groups is 3. The first kappa shape index (κ1) is 50.3. The fourth-order valence-corrected chi connectivity index (χ4v) is 30.6. The summed E-state index contributed by atoms with van der Waals surface area (Å²) in [4.78, 5) is 38.7. The van der Waals surface area contributed by atoms with Gasteiger partial charge >= 0.3 is 300 Å². The number of unbranched alkanes of at least 4 members (excludes halogenated alkanes) is 22. The van der Waals surface area contributed by atoms with Crippen molar-refractivity contribution in [2.24, 2.45) is 0 Å². The maximum absolute atomic E-state index is 13.3. The van der Waals surface area contributed by atoms with E-state index in [-0.39, 0.29) is 34.7 Å². The molecule has 0 N–H and O–H groups in total. The number of ether oxygens (including phenoxy) is 3. The van der Waals surface area contributed by atoms with E-state index in [1.54, 1.807) is 26.8 Å². The fourth-order valence-electron chi connectivity index (χ4n) is 5.49. The van der Waals surface area contributed by atoms with Crippen molar-refractivity contribution in [1.82, 2.24) is 0 Å². The summed E-state index contributed by atoms with van der Waals surface area (Å²) in [5.74, 6) is 0.0858. The van der Waals surface area contributed by atoms with E-state index in [0.717, 1.165) is 57.8 Å². The zero-order valence-electron chi connectivity index (χ0n) is 32.9. The average molecular weight is 869 g/mol. The Morgan fingerprint density at radius 1 is 0.440 bits per heavy atom. The molecule has 0 fully saturated rings. The van der Waals surface area contributed by atoms with Gasteiger partial charge in [0.1, 0.15) is 0 Å². The molecule has 0 heterocycles. The summed E-state index contributed by atoms with van der Waals surface area (Å²) in [6, 6.07) is 0. The van der Waals surface area contributed by atoms with Gasteiger partial charge in [-0.25, -0.2) is 0 Å². The number of hydrogen-bond acceptors (Lipinski definition) is 9. The third-order valence-electron chi connectivity index (χ3n) is 8.70. The van der Waals surface area contributed by atoms with E-state index in [4.69, 9.17) is 14.2 Å². The van der Waals surface area contributed by atoms with Gasteiger partial charge in [0.25, 0.3) is 0 Å². The zero-order chi connectivity index (χ0) is 36.8. The number of rotatable bonds is 39. The molecule has 1 atom stereocenters. The predicted octanol–water partition coefficient (Wildman–Crippen LogP) is 12.8. The van der Waals surface area contributed by atoms with Gasteiger partial charge in [0, 0.05) is 0 Å². The molecule has 6 nitrogen and oxygen atoms in total. The molecule has 0 saturated heterocycles. The summed E-state index contributed by atoms with van der Waals surface area (Å²) in [7, 11) is 5.04. The van der Waals surface area contributed by atoms with Crippen LogP contribution in [0.15, 0.2) is 0 Å². The van der Waals surface area contributed by atoms with E-state index < -0.39 is 15.6 Å². The van der Waals surface area contributed by atoms with Crippen molar-refractivity contribution in [3.8, 4) is 0 Å². The van der Waals surface area contributed by atoms with Crippen LogP contribution in [0.1, 0.15) is 201 Å². The van der Waals surface area contributed by atoms with Gasteiger partial charge in [-0.3, -0.25) is 0 Å². The summed E-state index contributed by atoms with van der Waals surface area (Å²) in [6.45, 7) is 10.2. The third-order valence-corrected chi connectivity index (χ3v) is 34.8. The third kappa shape index (κ3) is 35.3. The normalized spacial score (nSPS) is 11.9. The summed E-state index contributed by atoms with van der Waals surface area (Å²) in [5.41, 5.74) is 0. The molecule has 0 bridgehead atoms. The van der Waals surface area contributed by atoms with Gasteiger partial charge in [-0.05, 0) is 0 Å². The van der Waals surface area contributed by atoms with Crippen LogP contribution in [-0.2, 0) is 28.6 Å². The van der Waals surface area contributed by atoms with E-state index in [1.165, 1.54) is 116 Å². The molecule has 0 aromatic carbocycles. The first-order chi connectivity index (χ1) is 24.5. The van der Waals surface area contributed by atoms with Crippen molar-refractivity contribution in [2.75, 3.05) is 31.3 Å². The Labute approximate surface area is 324 Å². The molecule has 50 heavy (non-hydrogen) atoms. The average Bonchev–Trinajstić information content (AvgIpc) is 3.11. The molecule has 1 radical (unpaired) electrons. The van der Waals surface area contributed by atoms with Crippen LogP contribution >= 0.6 is 26.8 Å². The van der Waals surface area contributed by atoms with Gasteiger partial charge < -0.3 is 0 Å². The van der Waals surface area contributed by atoms with Crippen molar-refractivity contribution in [1.29, 1.82) is 0 Å². The van der Waals surface area contributed by atoms with E-state index in [0.29, 0.717) is 19.8 Å². The zero-order valence-corrected chi connectivity index (χ0v) is 38.2. The van der Waals surface area contributed by atoms with Crippen molar-refractivity contribution in [3.63, 3.8) is 0 Å². The Balaban J connectivity index is 4.96. The summed E-state index contributed by atoms with van der Waals surface area (Å²) in [6.07, 6.45) is 31.7. The van der Waals surface area contributed by atoms with Gasteiger partial charge in [-0.15, -0.1) is 0 Å². The topological polar surface area (TPSA) is 78.9 Å². The monoisotopic (exact) mass is 869 g/mol. The molecule has 0 spiro atoms. The molecule has 0 saturated carbocycles. The van der Waals surface area contributed by atoms with Gasteiger partial charge in [0.05, 0.1) is 0 Å². The standard InChI is InChI=1S/C16H32O2S.2C12H24O2S.Sn/c1-3-5-7-8-9-10-11-12-13-15(19)16(17)18-14-6-4-2;2*1-2-3-4-5-6-7-8-9-10-14-12(13)11-15;/h15,19H,3-14H2,1-2H3;2*15H,2-11H2,1H3;/q;;;+3/p-3. The second kappa shape index (κ2) is 40.4. The van der Waals surface area contributed by atoms with Crippen LogP contribution in [0.4, 0.5) is 0 Å². The Hall–Kier alpha value is 0.259. The van der Waals surface area contributed by atoms with Gasteiger partial charge in [0.2, 0.25) is 0 Å². The molecule has 1 unspecified atom stereocenters. The van der Waals surface area contributed by atoms with Crippen LogP contribution in [0, 0.1) is 0 Å². The second-order valence-electron chi connectivity index (χ2n) is 13.6. The van der Waals surface area contributed by atoms with Crippen LogP contribution in [0.5, 0.6) is 0 Å². The van der Waals surface area contributed by atoms with Crippen molar-refractivity contribution in [2.45, 2.75) is 206 Å². The molecule has 0 aliphatic carbocycles. The summed E-state index contributed by atoms with van der Waals surface area (Å²) < 4.78 is 16.9. The molecule has 295 valence electrons. The molecule has 0 aliphatic heterocycles. The van der Waals surface area contributed by atoms with Crippen molar-refractivity contribution < 1.29 is 28.6 Å². The van der Waals surface area contributed by atoms with Crippen LogP contribution in [0.2, 0.25) is 0 Å². The molecule has 0 rings (SSSR count). The van der Waals surface area contributed by atoms with Crippen LogP contribution < -0.4 is 0 Å². The van der Waals surface area contributed by atoms with Crippen molar-refractivity contribution >= 4 is 60.4 Å². The molecular formula is C40H77O6S3Sn. The number of esters is 3. The molecule has 0 aromatic rings. The molecule has 0 amide bonds. The van der Waals surface area contributed by atoms with Crippen LogP contribution in [-0.4, -0.2) is 70.1 Å². The maximum atomic E-state index is 13.3. The van der Waals surface area contributed by atoms with E-state index in [1.807, 2.05) is 0 Å². The molecular weight excluding hydrogens is 791 g/mol. The second-order valence-corrected chi connectivity index (χ2v) is 37.4. The van der Waals surface area contributed by atoms with E-state index >= 15 is 0 Å². The summed E-state index contributed by atoms with van der Waals surface area (Å²) >= 11 is -2.57. The first-order valence-electron chi connectivity index (χ1n) is 20.7. The Kier molecular flexibility index (Phi) is 40.7. The van der Waals surface area contributed by atoms with E-state index in [2.05, 4.69) is 27.7 Å². The SMILES string of the molecule is CCCCCCCCCCOC(=O)C[S][Sn]([S]CC(=O)OCCCCCCCCCC)[S]C(CCCCCCCCCC)C(=O)OCCCC. The van der Waals surface area contributed by atoms with Gasteiger partial charge in [-0.1, -0.05) is 26.7 Å². The fraction of sp³-hybridized carbons (Fsp3) is 0.925. The van der Waals surface area contributed by atoms with Crippen LogP contribution in [0.3, 0.4) is 0 Å². The van der Waals surface area contributed by atoms with Gasteiger partial charge in [0.15, 0.2) is 0 Å². The quantitative estimate of drug-likeness (QED) is 0.0260. The van der Waals surface area contributed by atoms with Gasteiger partial charge in [-0.2, -0.15) is 0 Å². The summed E-state index contributed by atoms with van der Waals surface area (Å²) in [5, 5.41) is -0.233. The molecule has 0 aromatic heterocycles. The minimum absolute atomic E-state index is 0.125. The Morgan fingerprint density at radius 2 is 0.780 bits per heavy atom. The molecule has 0 aliphatic rings. The predicted molar refractivity (Wildman–Crippen MR) is 222 cm³/mol. The number of hydrogen-bond donors (Lipinski definition) is 0. The Morgan fingerprint density at radius 3 is 1.18 bits per heavy atom.